The molecule has 9 heteroatoms. The Kier molecular flexibility index (Phi) is 7.62. The number of nitrogens with zero attached hydrogens (tertiary/aromatic N) is 4. The Balaban J connectivity index is 1.41. The Hall–Kier alpha value is -2.49. The highest BCUT2D eigenvalue weighted by atomic mass is 32.2. The van der Waals surface area contributed by atoms with Crippen LogP contribution in [-0.2, 0) is 11.3 Å². The molecule has 0 bridgehead atoms. The molecule has 33 heavy (non-hydrogen) atoms. The molecular weight excluding hydrogens is 470 g/mol. The van der Waals surface area contributed by atoms with Gasteiger partial charge < -0.3 is 9.88 Å². The lowest BCUT2D eigenvalue weighted by Gasteiger charge is -2.08. The first-order valence-electron chi connectivity index (χ1n) is 10.9. The summed E-state index contributed by atoms with van der Waals surface area (Å²) in [5, 5.41) is 17.2. The molecule has 4 rings (SSSR count). The Bertz CT molecular complexity index is 1220. The standard InChI is InChI=1S/C24H27N5OS3/c1-5-10-29-22(18-11-20(15(2)3)31-12-18)27-28-24(29)33-14-21(30)26-23-25-19(13-32-23)17-8-6-16(4)7-9-17/h6-9,11-13,15H,5,10,14H2,1-4H3,(H,25,26,30). The number of hydrogen-bond acceptors (Lipinski definition) is 7. The van der Waals surface area contributed by atoms with Crippen LogP contribution in [0, 0.1) is 6.92 Å². The monoisotopic (exact) mass is 497 g/mol. The third-order valence-electron chi connectivity index (χ3n) is 5.04. The van der Waals surface area contributed by atoms with E-state index in [2.05, 4.69) is 76.3 Å². The number of amides is 1. The molecule has 3 heterocycles. The summed E-state index contributed by atoms with van der Waals surface area (Å²) in [5.74, 6) is 1.50. The lowest BCUT2D eigenvalue weighted by Crippen LogP contribution is -2.14. The van der Waals surface area contributed by atoms with Crippen LogP contribution in [0.2, 0.25) is 0 Å². The molecular formula is C24H27N5OS3. The van der Waals surface area contributed by atoms with E-state index < -0.39 is 0 Å². The highest BCUT2D eigenvalue weighted by Crippen LogP contribution is 2.31. The quantitative estimate of drug-likeness (QED) is 0.260. The first-order chi connectivity index (χ1) is 15.9. The molecule has 0 aliphatic heterocycles. The van der Waals surface area contributed by atoms with E-state index in [1.54, 1.807) is 11.3 Å². The number of thioether (sulfide) groups is 1. The van der Waals surface area contributed by atoms with Gasteiger partial charge in [-0.3, -0.25) is 4.79 Å². The molecule has 172 valence electrons. The Morgan fingerprint density at radius 1 is 1.12 bits per heavy atom. The van der Waals surface area contributed by atoms with E-state index in [0.717, 1.165) is 40.8 Å². The number of aromatic nitrogens is 4. The summed E-state index contributed by atoms with van der Waals surface area (Å²) in [7, 11) is 0. The normalized spacial score (nSPS) is 11.3. The van der Waals surface area contributed by atoms with Crippen LogP contribution in [0.1, 0.15) is 43.6 Å². The molecule has 0 aliphatic carbocycles. The summed E-state index contributed by atoms with van der Waals surface area (Å²) in [6.45, 7) is 9.39. The number of thiazole rings is 1. The van der Waals surface area contributed by atoms with Crippen LogP contribution >= 0.6 is 34.4 Å². The Morgan fingerprint density at radius 3 is 2.61 bits per heavy atom. The van der Waals surface area contributed by atoms with Gasteiger partial charge in [-0.15, -0.1) is 32.9 Å². The predicted molar refractivity (Wildman–Crippen MR) is 139 cm³/mol. The van der Waals surface area contributed by atoms with E-state index >= 15 is 0 Å². The first-order valence-corrected chi connectivity index (χ1v) is 13.7. The zero-order valence-corrected chi connectivity index (χ0v) is 21.6. The highest BCUT2D eigenvalue weighted by molar-refractivity contribution is 7.99. The van der Waals surface area contributed by atoms with Crippen molar-refractivity contribution in [2.45, 2.75) is 51.7 Å². The predicted octanol–water partition coefficient (Wildman–Crippen LogP) is 6.70. The molecule has 4 aromatic rings. The molecule has 0 radical (unpaired) electrons. The topological polar surface area (TPSA) is 72.7 Å². The van der Waals surface area contributed by atoms with E-state index in [4.69, 9.17) is 0 Å². The maximum atomic E-state index is 12.6. The van der Waals surface area contributed by atoms with Crippen molar-refractivity contribution >= 4 is 45.5 Å². The molecule has 1 aromatic carbocycles. The van der Waals surface area contributed by atoms with Gasteiger partial charge in [-0.2, -0.15) is 0 Å². The minimum absolute atomic E-state index is 0.102. The summed E-state index contributed by atoms with van der Waals surface area (Å²) in [6.07, 6.45) is 0.965. The van der Waals surface area contributed by atoms with Crippen LogP contribution in [0.15, 0.2) is 46.2 Å². The lowest BCUT2D eigenvalue weighted by molar-refractivity contribution is -0.113. The molecule has 0 fully saturated rings. The van der Waals surface area contributed by atoms with Gasteiger partial charge in [0.1, 0.15) is 0 Å². The van der Waals surface area contributed by atoms with Gasteiger partial charge in [-0.25, -0.2) is 4.98 Å². The van der Waals surface area contributed by atoms with Crippen molar-refractivity contribution < 1.29 is 4.79 Å². The van der Waals surface area contributed by atoms with Crippen molar-refractivity contribution in [3.63, 3.8) is 0 Å². The second kappa shape index (κ2) is 10.6. The van der Waals surface area contributed by atoms with Crippen molar-refractivity contribution in [3.8, 4) is 22.6 Å². The van der Waals surface area contributed by atoms with Crippen LogP contribution in [-0.4, -0.2) is 31.4 Å². The summed E-state index contributed by atoms with van der Waals surface area (Å²) in [6, 6.07) is 10.4. The van der Waals surface area contributed by atoms with E-state index in [1.807, 2.05) is 17.5 Å². The van der Waals surface area contributed by atoms with Gasteiger partial charge in [0.15, 0.2) is 16.1 Å². The number of anilines is 1. The second-order valence-corrected chi connectivity index (χ2v) is 10.8. The molecule has 0 atom stereocenters. The minimum Gasteiger partial charge on any atom is -0.302 e. The Labute approximate surface area is 206 Å². The van der Waals surface area contributed by atoms with Crippen LogP contribution in [0.5, 0.6) is 0 Å². The average Bonchev–Trinajstić information content (AvgIpc) is 3.53. The molecule has 0 unspecified atom stereocenters. The molecule has 1 amide bonds. The number of carbonyl (C=O) groups is 1. The third-order valence-corrected chi connectivity index (χ3v) is 8.00. The largest absolute Gasteiger partial charge is 0.302 e. The number of carbonyl (C=O) groups excluding carboxylic acids is 1. The molecule has 0 saturated heterocycles. The summed E-state index contributed by atoms with van der Waals surface area (Å²) in [4.78, 5) is 18.5. The first kappa shape index (κ1) is 23.7. The van der Waals surface area contributed by atoms with Gasteiger partial charge in [-0.05, 0) is 25.3 Å². The van der Waals surface area contributed by atoms with Crippen LogP contribution < -0.4 is 5.32 Å². The summed E-state index contributed by atoms with van der Waals surface area (Å²) in [5.41, 5.74) is 4.21. The second-order valence-electron chi connectivity index (χ2n) is 8.09. The smallest absolute Gasteiger partial charge is 0.236 e. The fourth-order valence-electron chi connectivity index (χ4n) is 3.28. The van der Waals surface area contributed by atoms with Gasteiger partial charge in [0.05, 0.1) is 11.4 Å². The van der Waals surface area contributed by atoms with Crippen molar-refractivity contribution in [1.82, 2.24) is 19.7 Å². The van der Waals surface area contributed by atoms with Gasteiger partial charge in [-0.1, -0.05) is 62.4 Å². The van der Waals surface area contributed by atoms with Crippen molar-refractivity contribution in [1.29, 1.82) is 0 Å². The minimum atomic E-state index is -0.102. The van der Waals surface area contributed by atoms with Crippen LogP contribution in [0.25, 0.3) is 22.6 Å². The van der Waals surface area contributed by atoms with Gasteiger partial charge in [0.2, 0.25) is 5.91 Å². The number of benzene rings is 1. The fraction of sp³-hybridized carbons (Fsp3) is 0.333. The molecule has 0 spiro atoms. The third kappa shape index (κ3) is 5.72. The van der Waals surface area contributed by atoms with Crippen LogP contribution in [0.3, 0.4) is 0 Å². The van der Waals surface area contributed by atoms with E-state index in [1.165, 1.54) is 33.5 Å². The number of thiophene rings is 1. The SMILES string of the molecule is CCCn1c(SCC(=O)Nc2nc(-c3ccc(C)cc3)cs2)nnc1-c1csc(C(C)C)c1. The van der Waals surface area contributed by atoms with Gasteiger partial charge in [0, 0.05) is 33.3 Å². The Morgan fingerprint density at radius 2 is 1.91 bits per heavy atom. The van der Waals surface area contributed by atoms with E-state index in [0.29, 0.717) is 11.0 Å². The number of nitrogens with one attached hydrogen (secondary N) is 1. The number of rotatable bonds is 9. The molecule has 0 aliphatic rings. The number of hydrogen-bond donors (Lipinski definition) is 1. The lowest BCUT2D eigenvalue weighted by atomic mass is 10.1. The molecule has 1 N–H and O–H groups in total. The zero-order valence-electron chi connectivity index (χ0n) is 19.2. The average molecular weight is 498 g/mol. The van der Waals surface area contributed by atoms with Crippen molar-refractivity contribution in [3.05, 3.63) is 51.5 Å². The summed E-state index contributed by atoms with van der Waals surface area (Å²) >= 11 is 4.59. The molecule has 3 aromatic heterocycles. The van der Waals surface area contributed by atoms with Crippen LogP contribution in [0.4, 0.5) is 5.13 Å². The van der Waals surface area contributed by atoms with E-state index in [-0.39, 0.29) is 11.7 Å². The number of aryl methyl sites for hydroxylation is 1. The fourth-order valence-corrected chi connectivity index (χ4v) is 5.68. The zero-order chi connectivity index (χ0) is 23.4. The maximum absolute atomic E-state index is 12.6. The van der Waals surface area contributed by atoms with Crippen molar-refractivity contribution in [2.24, 2.45) is 0 Å². The van der Waals surface area contributed by atoms with Gasteiger partial charge in [0.25, 0.3) is 0 Å². The summed E-state index contributed by atoms with van der Waals surface area (Å²) < 4.78 is 2.11. The molecule has 0 saturated carbocycles. The van der Waals surface area contributed by atoms with Crippen molar-refractivity contribution in [2.75, 3.05) is 11.1 Å². The molecule has 6 nitrogen and oxygen atoms in total. The highest BCUT2D eigenvalue weighted by Gasteiger charge is 2.17. The van der Waals surface area contributed by atoms with Gasteiger partial charge >= 0.3 is 0 Å². The maximum Gasteiger partial charge on any atom is 0.236 e. The van der Waals surface area contributed by atoms with E-state index in [9.17, 15) is 4.79 Å².